The largest absolute Gasteiger partial charge is 0.311 e. The van der Waals surface area contributed by atoms with Gasteiger partial charge in [0.25, 0.3) is 0 Å². The van der Waals surface area contributed by atoms with E-state index in [2.05, 4.69) is 19.1 Å². The summed E-state index contributed by atoms with van der Waals surface area (Å²) in [5.74, 6) is -0.105. The Kier molecular flexibility index (Phi) is 4.21. The summed E-state index contributed by atoms with van der Waals surface area (Å²) in [6.07, 6.45) is 2.50. The quantitative estimate of drug-likeness (QED) is 0.833. The van der Waals surface area contributed by atoms with E-state index in [0.717, 1.165) is 25.1 Å². The van der Waals surface area contributed by atoms with Crippen molar-refractivity contribution in [1.29, 1.82) is 5.26 Å². The van der Waals surface area contributed by atoms with Gasteiger partial charge in [-0.2, -0.15) is 5.26 Å². The van der Waals surface area contributed by atoms with E-state index in [1.807, 2.05) is 30.0 Å². The van der Waals surface area contributed by atoms with E-state index < -0.39 is 5.92 Å². The summed E-state index contributed by atoms with van der Waals surface area (Å²) in [7, 11) is 0. The minimum absolute atomic E-state index is 0.0386. The van der Waals surface area contributed by atoms with Crippen molar-refractivity contribution in [3.8, 4) is 6.07 Å². The molecule has 1 aliphatic rings. The van der Waals surface area contributed by atoms with Crippen LogP contribution < -0.4 is 4.90 Å². The van der Waals surface area contributed by atoms with Gasteiger partial charge in [-0.3, -0.25) is 4.79 Å². The molecule has 0 N–H and O–H groups in total. The zero-order valence-corrected chi connectivity index (χ0v) is 11.6. The van der Waals surface area contributed by atoms with Crippen molar-refractivity contribution in [3.63, 3.8) is 0 Å². The van der Waals surface area contributed by atoms with Crippen LogP contribution in [0.15, 0.2) is 24.3 Å². The van der Waals surface area contributed by atoms with E-state index in [4.69, 9.17) is 0 Å². The molecule has 1 heterocycles. The molecule has 0 saturated heterocycles. The highest BCUT2D eigenvalue weighted by molar-refractivity contribution is 5.97. The summed E-state index contributed by atoms with van der Waals surface area (Å²) in [6, 6.07) is 10.2. The first kappa shape index (κ1) is 13.6. The van der Waals surface area contributed by atoms with Gasteiger partial charge in [0, 0.05) is 12.2 Å². The smallest absolute Gasteiger partial charge is 0.244 e. The Morgan fingerprint density at radius 3 is 2.95 bits per heavy atom. The lowest BCUT2D eigenvalue weighted by Crippen LogP contribution is -2.42. The molecule has 2 rings (SSSR count). The second-order valence-electron chi connectivity index (χ2n) is 5.36. The van der Waals surface area contributed by atoms with Crippen molar-refractivity contribution in [3.05, 3.63) is 29.8 Å². The van der Waals surface area contributed by atoms with Gasteiger partial charge in [-0.1, -0.05) is 38.5 Å². The van der Waals surface area contributed by atoms with Crippen LogP contribution in [-0.2, 0) is 11.2 Å². The predicted octanol–water partition coefficient (Wildman–Crippen LogP) is 3.15. The SMILES string of the molecule is CCCC(C#N)C(=O)N1CC(C)Cc2ccccc21. The van der Waals surface area contributed by atoms with Gasteiger partial charge in [0.05, 0.1) is 6.07 Å². The summed E-state index contributed by atoms with van der Waals surface area (Å²) >= 11 is 0. The lowest BCUT2D eigenvalue weighted by atomic mass is 9.92. The summed E-state index contributed by atoms with van der Waals surface area (Å²) in [4.78, 5) is 14.3. The number of nitriles is 1. The van der Waals surface area contributed by atoms with Crippen LogP contribution >= 0.6 is 0 Å². The molecule has 1 aromatic rings. The lowest BCUT2D eigenvalue weighted by Gasteiger charge is -2.34. The number of hydrogen-bond donors (Lipinski definition) is 0. The van der Waals surface area contributed by atoms with Gasteiger partial charge in [-0.25, -0.2) is 0 Å². The van der Waals surface area contributed by atoms with Crippen LogP contribution in [0.3, 0.4) is 0 Å². The standard InChI is InChI=1S/C16H20N2O/c1-3-6-14(10-17)16(19)18-11-12(2)9-13-7-4-5-8-15(13)18/h4-5,7-8,12,14H,3,6,9,11H2,1-2H3. The molecule has 3 heteroatoms. The molecule has 2 unspecified atom stereocenters. The topological polar surface area (TPSA) is 44.1 Å². The summed E-state index contributed by atoms with van der Waals surface area (Å²) in [5, 5.41) is 9.17. The molecule has 0 saturated carbocycles. The highest BCUT2D eigenvalue weighted by Crippen LogP contribution is 2.30. The first-order chi connectivity index (χ1) is 9.17. The molecule has 1 aromatic carbocycles. The van der Waals surface area contributed by atoms with E-state index in [9.17, 15) is 10.1 Å². The molecule has 0 fully saturated rings. The summed E-state index contributed by atoms with van der Waals surface area (Å²) in [6.45, 7) is 4.87. The first-order valence-corrected chi connectivity index (χ1v) is 6.96. The van der Waals surface area contributed by atoms with Crippen LogP contribution in [0.4, 0.5) is 5.69 Å². The number of nitrogens with zero attached hydrogens (tertiary/aromatic N) is 2. The molecule has 0 bridgehead atoms. The highest BCUT2D eigenvalue weighted by Gasteiger charge is 2.30. The molecule has 19 heavy (non-hydrogen) atoms. The van der Waals surface area contributed by atoms with Crippen LogP contribution in [0.5, 0.6) is 0 Å². The number of fused-ring (bicyclic) bond motifs is 1. The molecule has 1 aliphatic heterocycles. The van der Waals surface area contributed by atoms with E-state index in [0.29, 0.717) is 12.3 Å². The van der Waals surface area contributed by atoms with Crippen molar-refractivity contribution < 1.29 is 4.79 Å². The maximum absolute atomic E-state index is 12.5. The van der Waals surface area contributed by atoms with Crippen molar-refractivity contribution >= 4 is 11.6 Å². The summed E-state index contributed by atoms with van der Waals surface area (Å²) in [5.41, 5.74) is 2.20. The van der Waals surface area contributed by atoms with E-state index in [1.54, 1.807) is 0 Å². The number of anilines is 1. The molecule has 2 atom stereocenters. The number of para-hydroxylation sites is 1. The van der Waals surface area contributed by atoms with E-state index in [1.165, 1.54) is 5.56 Å². The van der Waals surface area contributed by atoms with Gasteiger partial charge in [0.1, 0.15) is 5.92 Å². The fourth-order valence-corrected chi connectivity index (χ4v) is 2.73. The number of hydrogen-bond acceptors (Lipinski definition) is 2. The fraction of sp³-hybridized carbons (Fsp3) is 0.500. The number of carbonyl (C=O) groups excluding carboxylic acids is 1. The number of amides is 1. The Hall–Kier alpha value is -1.82. The molecular formula is C16H20N2O. The van der Waals surface area contributed by atoms with Crippen LogP contribution in [0, 0.1) is 23.2 Å². The summed E-state index contributed by atoms with van der Waals surface area (Å²) < 4.78 is 0. The first-order valence-electron chi connectivity index (χ1n) is 6.96. The Balaban J connectivity index is 2.30. The van der Waals surface area contributed by atoms with Crippen molar-refractivity contribution in [2.24, 2.45) is 11.8 Å². The number of carbonyl (C=O) groups is 1. The number of benzene rings is 1. The van der Waals surface area contributed by atoms with Crippen molar-refractivity contribution in [2.45, 2.75) is 33.1 Å². The molecule has 100 valence electrons. The zero-order valence-electron chi connectivity index (χ0n) is 11.6. The van der Waals surface area contributed by atoms with Crippen LogP contribution in [0.25, 0.3) is 0 Å². The Labute approximate surface area is 114 Å². The van der Waals surface area contributed by atoms with Crippen molar-refractivity contribution in [1.82, 2.24) is 0 Å². The second-order valence-corrected chi connectivity index (χ2v) is 5.36. The maximum atomic E-state index is 12.5. The van der Waals surface area contributed by atoms with Gasteiger partial charge >= 0.3 is 0 Å². The number of rotatable bonds is 3. The van der Waals surface area contributed by atoms with Crippen LogP contribution in [0.1, 0.15) is 32.3 Å². The van der Waals surface area contributed by atoms with Gasteiger partial charge < -0.3 is 4.90 Å². The van der Waals surface area contributed by atoms with Crippen LogP contribution in [0.2, 0.25) is 0 Å². The van der Waals surface area contributed by atoms with Gasteiger partial charge in [0.15, 0.2) is 0 Å². The minimum atomic E-state index is -0.511. The molecule has 0 spiro atoms. The van der Waals surface area contributed by atoms with Crippen LogP contribution in [-0.4, -0.2) is 12.5 Å². The van der Waals surface area contributed by atoms with Gasteiger partial charge in [-0.05, 0) is 30.4 Å². The molecular weight excluding hydrogens is 236 g/mol. The monoisotopic (exact) mass is 256 g/mol. The highest BCUT2D eigenvalue weighted by atomic mass is 16.2. The Morgan fingerprint density at radius 1 is 1.53 bits per heavy atom. The third-order valence-electron chi connectivity index (χ3n) is 3.64. The second kappa shape index (κ2) is 5.88. The van der Waals surface area contributed by atoms with Gasteiger partial charge in [0.2, 0.25) is 5.91 Å². The van der Waals surface area contributed by atoms with Gasteiger partial charge in [-0.15, -0.1) is 0 Å². The third kappa shape index (κ3) is 2.78. The molecule has 0 aliphatic carbocycles. The van der Waals surface area contributed by atoms with E-state index >= 15 is 0 Å². The third-order valence-corrected chi connectivity index (χ3v) is 3.64. The Morgan fingerprint density at radius 2 is 2.26 bits per heavy atom. The average molecular weight is 256 g/mol. The van der Waals surface area contributed by atoms with Crippen molar-refractivity contribution in [2.75, 3.05) is 11.4 Å². The zero-order chi connectivity index (χ0) is 13.8. The average Bonchev–Trinajstić information content (AvgIpc) is 2.43. The Bertz CT molecular complexity index is 504. The normalized spacial score (nSPS) is 19.4. The van der Waals surface area contributed by atoms with E-state index in [-0.39, 0.29) is 5.91 Å². The minimum Gasteiger partial charge on any atom is -0.311 e. The molecule has 0 radical (unpaired) electrons. The fourth-order valence-electron chi connectivity index (χ4n) is 2.73. The molecule has 0 aromatic heterocycles. The predicted molar refractivity (Wildman–Crippen MR) is 75.7 cm³/mol. The lowest BCUT2D eigenvalue weighted by molar-refractivity contribution is -0.121. The maximum Gasteiger partial charge on any atom is 0.244 e. The molecule has 1 amide bonds. The molecule has 3 nitrogen and oxygen atoms in total.